The summed E-state index contributed by atoms with van der Waals surface area (Å²) in [4.78, 5) is 14.6. The molecule has 1 aliphatic rings. The van der Waals surface area contributed by atoms with Crippen molar-refractivity contribution >= 4 is 16.8 Å². The Morgan fingerprint density at radius 3 is 2.58 bits per heavy atom. The Bertz CT molecular complexity index is 895. The van der Waals surface area contributed by atoms with E-state index in [-0.39, 0.29) is 18.3 Å². The first kappa shape index (κ1) is 16.8. The van der Waals surface area contributed by atoms with Crippen LogP contribution in [0.25, 0.3) is 10.9 Å². The van der Waals surface area contributed by atoms with Crippen LogP contribution in [0.4, 0.5) is 4.39 Å². The normalized spacial score (nSPS) is 15.5. The highest BCUT2D eigenvalue weighted by atomic mass is 19.1. The first-order valence-electron chi connectivity index (χ1n) is 9.25. The number of benzene rings is 2. The van der Waals surface area contributed by atoms with Crippen LogP contribution in [0.5, 0.6) is 0 Å². The molecule has 1 aromatic heterocycles. The number of halogens is 1. The standard InChI is InChI=1S/C22H23FN2O/c23-20-7-6-19-10-13-25(21(19)15-20)16-22(26)24-11-8-18(9-12-24)14-17-4-2-1-3-5-17/h1-7,10,13,15,18H,8-9,11-12,14,16H2. The van der Waals surface area contributed by atoms with Gasteiger partial charge in [0.15, 0.2) is 0 Å². The van der Waals surface area contributed by atoms with E-state index in [0.29, 0.717) is 5.92 Å². The smallest absolute Gasteiger partial charge is 0.242 e. The number of hydrogen-bond donors (Lipinski definition) is 0. The largest absolute Gasteiger partial charge is 0.341 e. The molecule has 3 nitrogen and oxygen atoms in total. The molecule has 4 heteroatoms. The van der Waals surface area contributed by atoms with Crippen molar-refractivity contribution in [3.05, 3.63) is 72.2 Å². The molecule has 1 amide bonds. The van der Waals surface area contributed by atoms with Gasteiger partial charge in [-0.25, -0.2) is 4.39 Å². The molecule has 1 fully saturated rings. The number of piperidine rings is 1. The van der Waals surface area contributed by atoms with Gasteiger partial charge in [-0.1, -0.05) is 30.3 Å². The zero-order chi connectivity index (χ0) is 17.9. The third kappa shape index (κ3) is 3.64. The topological polar surface area (TPSA) is 25.2 Å². The number of amides is 1. The van der Waals surface area contributed by atoms with E-state index in [4.69, 9.17) is 0 Å². The van der Waals surface area contributed by atoms with Crippen molar-refractivity contribution in [1.82, 2.24) is 9.47 Å². The average molecular weight is 350 g/mol. The molecule has 2 heterocycles. The maximum Gasteiger partial charge on any atom is 0.242 e. The first-order valence-corrected chi connectivity index (χ1v) is 9.25. The summed E-state index contributed by atoms with van der Waals surface area (Å²) in [5, 5.41) is 0.959. The molecule has 0 spiro atoms. The number of fused-ring (bicyclic) bond motifs is 1. The number of hydrogen-bond acceptors (Lipinski definition) is 1. The maximum atomic E-state index is 13.5. The summed E-state index contributed by atoms with van der Waals surface area (Å²) in [6, 6.07) is 17.2. The molecular weight excluding hydrogens is 327 g/mol. The van der Waals surface area contributed by atoms with Crippen LogP contribution in [-0.2, 0) is 17.8 Å². The molecule has 26 heavy (non-hydrogen) atoms. The van der Waals surface area contributed by atoms with Crippen molar-refractivity contribution in [3.8, 4) is 0 Å². The molecule has 134 valence electrons. The maximum absolute atomic E-state index is 13.5. The minimum atomic E-state index is -0.272. The Morgan fingerprint density at radius 1 is 1.04 bits per heavy atom. The summed E-state index contributed by atoms with van der Waals surface area (Å²) in [6.45, 7) is 1.89. The van der Waals surface area contributed by atoms with E-state index >= 15 is 0 Å². The SMILES string of the molecule is O=C(Cn1ccc2ccc(F)cc21)N1CCC(Cc2ccccc2)CC1. The van der Waals surface area contributed by atoms with Gasteiger partial charge in [-0.05, 0) is 60.4 Å². The fourth-order valence-electron chi connectivity index (χ4n) is 3.87. The van der Waals surface area contributed by atoms with E-state index in [1.165, 1.54) is 17.7 Å². The van der Waals surface area contributed by atoms with Crippen molar-refractivity contribution in [2.75, 3.05) is 13.1 Å². The predicted octanol–water partition coefficient (Wildman–Crippen LogP) is 4.26. The van der Waals surface area contributed by atoms with Gasteiger partial charge in [-0.3, -0.25) is 4.79 Å². The number of likely N-dealkylation sites (tertiary alicyclic amines) is 1. The molecule has 0 radical (unpaired) electrons. The molecule has 0 aliphatic carbocycles. The van der Waals surface area contributed by atoms with Crippen molar-refractivity contribution < 1.29 is 9.18 Å². The molecule has 2 aromatic carbocycles. The summed E-state index contributed by atoms with van der Waals surface area (Å²) in [6.07, 6.45) is 5.04. The lowest BCUT2D eigenvalue weighted by atomic mass is 9.90. The third-order valence-electron chi connectivity index (χ3n) is 5.38. The van der Waals surface area contributed by atoms with Gasteiger partial charge in [0.1, 0.15) is 12.4 Å². The van der Waals surface area contributed by atoms with Gasteiger partial charge in [0, 0.05) is 19.3 Å². The monoisotopic (exact) mass is 350 g/mol. The summed E-state index contributed by atoms with van der Waals surface area (Å²) < 4.78 is 15.3. The zero-order valence-electron chi connectivity index (χ0n) is 14.8. The second-order valence-corrected chi connectivity index (χ2v) is 7.16. The third-order valence-corrected chi connectivity index (χ3v) is 5.38. The van der Waals surface area contributed by atoms with E-state index < -0.39 is 0 Å². The van der Waals surface area contributed by atoms with Crippen molar-refractivity contribution in [2.45, 2.75) is 25.8 Å². The van der Waals surface area contributed by atoms with Crippen molar-refractivity contribution in [1.29, 1.82) is 0 Å². The number of aromatic nitrogens is 1. The number of nitrogens with zero attached hydrogens (tertiary/aromatic N) is 2. The lowest BCUT2D eigenvalue weighted by molar-refractivity contribution is -0.133. The van der Waals surface area contributed by atoms with Gasteiger partial charge < -0.3 is 9.47 Å². The van der Waals surface area contributed by atoms with Crippen LogP contribution in [-0.4, -0.2) is 28.5 Å². The molecule has 1 aliphatic heterocycles. The van der Waals surface area contributed by atoms with Crippen LogP contribution < -0.4 is 0 Å². The molecular formula is C22H23FN2O. The van der Waals surface area contributed by atoms with Crippen LogP contribution in [0, 0.1) is 11.7 Å². The Kier molecular flexibility index (Phi) is 4.74. The first-order chi connectivity index (χ1) is 12.7. The van der Waals surface area contributed by atoms with Crippen LogP contribution in [0.15, 0.2) is 60.8 Å². The summed E-state index contributed by atoms with van der Waals surface area (Å²) in [5.41, 5.74) is 2.15. The summed E-state index contributed by atoms with van der Waals surface area (Å²) in [5.74, 6) is 0.486. The van der Waals surface area contributed by atoms with E-state index in [0.717, 1.165) is 43.3 Å². The van der Waals surface area contributed by atoms with Crippen LogP contribution in [0.3, 0.4) is 0 Å². The van der Waals surface area contributed by atoms with Gasteiger partial charge in [0.2, 0.25) is 5.91 Å². The van der Waals surface area contributed by atoms with Crippen LogP contribution in [0.1, 0.15) is 18.4 Å². The Labute approximate surface area is 153 Å². The zero-order valence-corrected chi connectivity index (χ0v) is 14.8. The fraction of sp³-hybridized carbons (Fsp3) is 0.318. The van der Waals surface area contributed by atoms with E-state index in [1.54, 1.807) is 6.07 Å². The second-order valence-electron chi connectivity index (χ2n) is 7.16. The molecule has 4 rings (SSSR count). The quantitative estimate of drug-likeness (QED) is 0.690. The molecule has 0 unspecified atom stereocenters. The van der Waals surface area contributed by atoms with E-state index in [2.05, 4.69) is 24.3 Å². The van der Waals surface area contributed by atoms with E-state index in [9.17, 15) is 9.18 Å². The van der Waals surface area contributed by atoms with Gasteiger partial charge in [0.05, 0.1) is 5.52 Å². The van der Waals surface area contributed by atoms with Crippen LogP contribution in [0.2, 0.25) is 0 Å². The lowest BCUT2D eigenvalue weighted by Crippen LogP contribution is -2.40. The Balaban J connectivity index is 1.35. The molecule has 0 atom stereocenters. The van der Waals surface area contributed by atoms with E-state index in [1.807, 2.05) is 27.8 Å². The van der Waals surface area contributed by atoms with Crippen molar-refractivity contribution in [2.24, 2.45) is 5.92 Å². The molecule has 3 aromatic rings. The minimum absolute atomic E-state index is 0.116. The molecule has 0 saturated carbocycles. The highest BCUT2D eigenvalue weighted by Crippen LogP contribution is 2.23. The predicted molar refractivity (Wildman–Crippen MR) is 101 cm³/mol. The summed E-state index contributed by atoms with van der Waals surface area (Å²) >= 11 is 0. The average Bonchev–Trinajstić information content (AvgIpc) is 3.05. The lowest BCUT2D eigenvalue weighted by Gasteiger charge is -2.32. The minimum Gasteiger partial charge on any atom is -0.341 e. The second kappa shape index (κ2) is 7.32. The summed E-state index contributed by atoms with van der Waals surface area (Å²) in [7, 11) is 0. The van der Waals surface area contributed by atoms with Crippen molar-refractivity contribution in [3.63, 3.8) is 0 Å². The Morgan fingerprint density at radius 2 is 1.81 bits per heavy atom. The van der Waals surface area contributed by atoms with Gasteiger partial charge in [0.25, 0.3) is 0 Å². The van der Waals surface area contributed by atoms with Gasteiger partial charge in [-0.15, -0.1) is 0 Å². The molecule has 0 bridgehead atoms. The van der Waals surface area contributed by atoms with Gasteiger partial charge in [-0.2, -0.15) is 0 Å². The number of rotatable bonds is 4. The fourth-order valence-corrected chi connectivity index (χ4v) is 3.87. The highest BCUT2D eigenvalue weighted by Gasteiger charge is 2.23. The number of carbonyl (C=O) groups is 1. The van der Waals surface area contributed by atoms with Gasteiger partial charge >= 0.3 is 0 Å². The Hall–Kier alpha value is -2.62. The molecule has 0 N–H and O–H groups in total. The highest BCUT2D eigenvalue weighted by molar-refractivity contribution is 5.83. The molecule has 1 saturated heterocycles. The number of carbonyl (C=O) groups excluding carboxylic acids is 1. The van der Waals surface area contributed by atoms with Crippen LogP contribution >= 0.6 is 0 Å².